The molecular formula is C73H116O6. The standard InChI is InChI=1S/C73H116O6/c1-4-7-10-13-16-18-20-22-24-26-28-30-32-33-34-35-36-37-38-39-41-42-44-46-48-50-52-54-57-60-63-66-72(75)78-69-70(68-77-71(74)65-62-59-56-15-12-9-6-3)79-73(76)67-64-61-58-55-53-51-49-47-45-43-40-31-29-27-25-23-21-19-17-14-11-8-5-2/h7-8,10-11,16-19,22-25,28-31,33-34,36-37,43,45,49,51,55,58,70H,4-6,9,12-15,20-21,26-27,32,35,38-42,44,46-48,50,52-54,56-57,59-69H2,1-3H3/b10-7-,11-8-,18-16-,19-17-,24-22-,25-23-,30-28-,31-29-,34-33-,37-36-,45-43-,51-49-,58-55-. The molecule has 0 N–H and O–H groups in total. The second-order valence-electron chi connectivity index (χ2n) is 20.6. The third-order valence-electron chi connectivity index (χ3n) is 13.0. The van der Waals surface area contributed by atoms with Crippen molar-refractivity contribution in [1.29, 1.82) is 0 Å². The number of hydrogen-bond donors (Lipinski definition) is 0. The van der Waals surface area contributed by atoms with Crippen molar-refractivity contribution in [3.05, 3.63) is 158 Å². The SMILES string of the molecule is CC/C=C\C/C=C\C/C=C\C/C=C\C/C=C\C/C=C\C/C=C\CCCC(=O)OC(COC(=O)CCCCCCCCC)COC(=O)CCCCCCCCCCCCCC/C=C\C/C=C\C/C=C\C/C=C\C/C=C\C/C=C\CC. The first-order valence-electron chi connectivity index (χ1n) is 32.0. The summed E-state index contributed by atoms with van der Waals surface area (Å²) in [5.74, 6) is -0.978. The Labute approximate surface area is 486 Å². The summed E-state index contributed by atoms with van der Waals surface area (Å²) in [6.45, 7) is 6.31. The minimum atomic E-state index is -0.813. The molecule has 0 fully saturated rings. The lowest BCUT2D eigenvalue weighted by Crippen LogP contribution is -2.30. The highest BCUT2D eigenvalue weighted by atomic mass is 16.6. The van der Waals surface area contributed by atoms with Crippen LogP contribution in [0.4, 0.5) is 0 Å². The van der Waals surface area contributed by atoms with Crippen LogP contribution in [-0.4, -0.2) is 37.2 Å². The van der Waals surface area contributed by atoms with E-state index in [4.69, 9.17) is 14.2 Å². The summed E-state index contributed by atoms with van der Waals surface area (Å²) in [6, 6.07) is 0. The average molecular weight is 1090 g/mol. The van der Waals surface area contributed by atoms with Crippen molar-refractivity contribution in [3.63, 3.8) is 0 Å². The lowest BCUT2D eigenvalue weighted by Gasteiger charge is -2.18. The van der Waals surface area contributed by atoms with Crippen molar-refractivity contribution in [2.75, 3.05) is 13.2 Å². The summed E-state index contributed by atoms with van der Waals surface area (Å²) in [6.07, 6.45) is 95.7. The minimum Gasteiger partial charge on any atom is -0.462 e. The van der Waals surface area contributed by atoms with Crippen molar-refractivity contribution in [2.45, 2.75) is 271 Å². The van der Waals surface area contributed by atoms with Gasteiger partial charge in [-0.1, -0.05) is 281 Å². The van der Waals surface area contributed by atoms with Crippen LogP contribution < -0.4 is 0 Å². The van der Waals surface area contributed by atoms with Gasteiger partial charge in [0.15, 0.2) is 6.10 Å². The van der Waals surface area contributed by atoms with Crippen LogP contribution in [0.5, 0.6) is 0 Å². The van der Waals surface area contributed by atoms with Crippen molar-refractivity contribution in [1.82, 2.24) is 0 Å². The van der Waals surface area contributed by atoms with Gasteiger partial charge in [0.2, 0.25) is 0 Å². The molecule has 444 valence electrons. The second kappa shape index (κ2) is 65.5. The van der Waals surface area contributed by atoms with E-state index in [-0.39, 0.29) is 37.5 Å². The van der Waals surface area contributed by atoms with Crippen LogP contribution in [-0.2, 0) is 28.6 Å². The fourth-order valence-corrected chi connectivity index (χ4v) is 8.32. The molecule has 0 spiro atoms. The number of hydrogen-bond acceptors (Lipinski definition) is 6. The van der Waals surface area contributed by atoms with Gasteiger partial charge in [0.25, 0.3) is 0 Å². The molecular weight excluding hydrogens is 973 g/mol. The van der Waals surface area contributed by atoms with E-state index in [1.807, 2.05) is 0 Å². The average Bonchev–Trinajstić information content (AvgIpc) is 3.45. The number of unbranched alkanes of at least 4 members (excludes halogenated alkanes) is 19. The van der Waals surface area contributed by atoms with E-state index in [0.717, 1.165) is 128 Å². The van der Waals surface area contributed by atoms with Crippen molar-refractivity contribution in [2.24, 2.45) is 0 Å². The normalized spacial score (nSPS) is 13.2. The Kier molecular flexibility index (Phi) is 61.4. The Morgan fingerprint density at radius 3 is 0.810 bits per heavy atom. The van der Waals surface area contributed by atoms with E-state index in [0.29, 0.717) is 19.3 Å². The molecule has 0 bridgehead atoms. The van der Waals surface area contributed by atoms with Crippen LogP contribution >= 0.6 is 0 Å². The Balaban J connectivity index is 4.23. The smallest absolute Gasteiger partial charge is 0.306 e. The van der Waals surface area contributed by atoms with Gasteiger partial charge in [-0.3, -0.25) is 14.4 Å². The zero-order valence-corrected chi connectivity index (χ0v) is 50.8. The van der Waals surface area contributed by atoms with Crippen LogP contribution in [0.25, 0.3) is 0 Å². The Morgan fingerprint density at radius 2 is 0.506 bits per heavy atom. The highest BCUT2D eigenvalue weighted by molar-refractivity contribution is 5.71. The summed E-state index contributed by atoms with van der Waals surface area (Å²) in [5, 5.41) is 0. The third kappa shape index (κ3) is 63.7. The maximum Gasteiger partial charge on any atom is 0.306 e. The van der Waals surface area contributed by atoms with Gasteiger partial charge in [0, 0.05) is 19.3 Å². The van der Waals surface area contributed by atoms with Crippen molar-refractivity contribution >= 4 is 17.9 Å². The molecule has 0 aromatic heterocycles. The first kappa shape index (κ1) is 74.0. The third-order valence-corrected chi connectivity index (χ3v) is 13.0. The molecule has 0 heterocycles. The molecule has 0 amide bonds. The van der Waals surface area contributed by atoms with Gasteiger partial charge >= 0.3 is 17.9 Å². The summed E-state index contributed by atoms with van der Waals surface area (Å²) < 4.78 is 16.8. The van der Waals surface area contributed by atoms with Crippen LogP contribution in [0.1, 0.15) is 265 Å². The van der Waals surface area contributed by atoms with Gasteiger partial charge in [0.1, 0.15) is 13.2 Å². The minimum absolute atomic E-state index is 0.106. The molecule has 0 aliphatic rings. The lowest BCUT2D eigenvalue weighted by molar-refractivity contribution is -0.167. The van der Waals surface area contributed by atoms with Crippen molar-refractivity contribution in [3.8, 4) is 0 Å². The summed E-state index contributed by atoms with van der Waals surface area (Å²) in [7, 11) is 0. The van der Waals surface area contributed by atoms with Gasteiger partial charge in [-0.25, -0.2) is 0 Å². The number of carbonyl (C=O) groups excluding carboxylic acids is 3. The maximum atomic E-state index is 12.8. The monoisotopic (exact) mass is 1090 g/mol. The fourth-order valence-electron chi connectivity index (χ4n) is 8.32. The van der Waals surface area contributed by atoms with E-state index >= 15 is 0 Å². The molecule has 79 heavy (non-hydrogen) atoms. The Hall–Kier alpha value is -4.97. The Bertz CT molecular complexity index is 1780. The predicted molar refractivity (Wildman–Crippen MR) is 343 cm³/mol. The van der Waals surface area contributed by atoms with Gasteiger partial charge in [0.05, 0.1) is 0 Å². The summed E-state index contributed by atoms with van der Waals surface area (Å²) in [4.78, 5) is 38.1. The highest BCUT2D eigenvalue weighted by Gasteiger charge is 2.19. The van der Waals surface area contributed by atoms with Crippen molar-refractivity contribution < 1.29 is 28.6 Å². The molecule has 0 radical (unpaired) electrons. The van der Waals surface area contributed by atoms with E-state index in [2.05, 4.69) is 179 Å². The first-order valence-corrected chi connectivity index (χ1v) is 32.0. The van der Waals surface area contributed by atoms with Crippen LogP contribution in [0.2, 0.25) is 0 Å². The molecule has 6 nitrogen and oxygen atoms in total. The van der Waals surface area contributed by atoms with E-state index in [1.165, 1.54) is 89.9 Å². The maximum absolute atomic E-state index is 12.8. The number of allylic oxidation sites excluding steroid dienone is 26. The quantitative estimate of drug-likeness (QED) is 0.0261. The van der Waals surface area contributed by atoms with Gasteiger partial charge in [-0.15, -0.1) is 0 Å². The largest absolute Gasteiger partial charge is 0.462 e. The number of rotatable bonds is 56. The van der Waals surface area contributed by atoms with E-state index in [9.17, 15) is 14.4 Å². The molecule has 0 saturated heterocycles. The molecule has 6 heteroatoms. The van der Waals surface area contributed by atoms with Gasteiger partial charge < -0.3 is 14.2 Å². The molecule has 1 unspecified atom stereocenters. The summed E-state index contributed by atoms with van der Waals surface area (Å²) >= 11 is 0. The number of ether oxygens (including phenoxy) is 3. The van der Waals surface area contributed by atoms with Gasteiger partial charge in [-0.05, 0) is 122 Å². The number of esters is 3. The Morgan fingerprint density at radius 1 is 0.266 bits per heavy atom. The topological polar surface area (TPSA) is 78.9 Å². The van der Waals surface area contributed by atoms with Crippen LogP contribution in [0.3, 0.4) is 0 Å². The zero-order chi connectivity index (χ0) is 57.1. The molecule has 0 aromatic carbocycles. The lowest BCUT2D eigenvalue weighted by atomic mass is 10.0. The van der Waals surface area contributed by atoms with Gasteiger partial charge in [-0.2, -0.15) is 0 Å². The second-order valence-corrected chi connectivity index (χ2v) is 20.6. The molecule has 0 aromatic rings. The van der Waals surface area contributed by atoms with Crippen LogP contribution in [0.15, 0.2) is 158 Å². The van der Waals surface area contributed by atoms with E-state index < -0.39 is 6.10 Å². The van der Waals surface area contributed by atoms with Crippen LogP contribution in [0, 0.1) is 0 Å². The zero-order valence-electron chi connectivity index (χ0n) is 50.8. The molecule has 1 atom stereocenters. The fraction of sp³-hybridized carbons (Fsp3) is 0.603. The van der Waals surface area contributed by atoms with E-state index in [1.54, 1.807) is 0 Å². The molecule has 0 rings (SSSR count). The summed E-state index contributed by atoms with van der Waals surface area (Å²) in [5.41, 5.74) is 0. The highest BCUT2D eigenvalue weighted by Crippen LogP contribution is 2.15. The molecule has 0 aliphatic heterocycles. The number of carbonyl (C=O) groups is 3. The molecule has 0 aliphatic carbocycles. The predicted octanol–water partition coefficient (Wildman–Crippen LogP) is 22.1. The molecule has 0 saturated carbocycles. The first-order chi connectivity index (χ1) is 39.0.